The Balaban J connectivity index is 1.72. The van der Waals surface area contributed by atoms with E-state index in [0.29, 0.717) is 5.56 Å². The van der Waals surface area contributed by atoms with E-state index in [1.807, 2.05) is 18.2 Å². The molecule has 0 N–H and O–H groups in total. The van der Waals surface area contributed by atoms with Crippen LogP contribution in [0.25, 0.3) is 49.3 Å². The lowest BCUT2D eigenvalue weighted by Gasteiger charge is -2.09. The fourth-order valence-electron chi connectivity index (χ4n) is 4.61. The molecule has 0 spiro atoms. The Morgan fingerprint density at radius 1 is 0.621 bits per heavy atom. The van der Waals surface area contributed by atoms with E-state index in [4.69, 9.17) is 0 Å². The minimum Gasteiger partial charge on any atom is -0.344 e. The number of hydrogen-bond acceptors (Lipinski definition) is 1. The zero-order valence-corrected chi connectivity index (χ0v) is 15.9. The molecule has 0 aliphatic carbocycles. The van der Waals surface area contributed by atoms with Gasteiger partial charge in [-0.05, 0) is 42.5 Å². The molecule has 0 aliphatic heterocycles. The molecular formula is C26H17N3. The highest BCUT2D eigenvalue weighted by Gasteiger charge is 2.14. The number of nitriles is 1. The minimum absolute atomic E-state index is 0.691. The first-order valence-corrected chi connectivity index (χ1v) is 9.67. The Bertz CT molecular complexity index is 1570. The predicted octanol–water partition coefficient (Wildman–Crippen LogP) is 6.30. The normalized spacial score (nSPS) is 11.6. The maximum Gasteiger partial charge on any atom is 0.0991 e. The molecule has 2 heterocycles. The summed E-state index contributed by atoms with van der Waals surface area (Å²) in [6.07, 6.45) is 0. The van der Waals surface area contributed by atoms with Gasteiger partial charge in [0.25, 0.3) is 0 Å². The summed E-state index contributed by atoms with van der Waals surface area (Å²) in [6, 6.07) is 31.9. The fraction of sp³-hybridized carbons (Fsp3) is 0.0385. The van der Waals surface area contributed by atoms with Crippen LogP contribution in [0.1, 0.15) is 5.56 Å². The van der Waals surface area contributed by atoms with E-state index < -0.39 is 0 Å². The van der Waals surface area contributed by atoms with E-state index in [1.54, 1.807) is 0 Å². The maximum absolute atomic E-state index is 9.29. The first-order chi connectivity index (χ1) is 14.3. The van der Waals surface area contributed by atoms with Crippen molar-refractivity contribution in [3.8, 4) is 11.8 Å². The highest BCUT2D eigenvalue weighted by molar-refractivity contribution is 6.11. The quantitative estimate of drug-likeness (QED) is 0.334. The van der Waals surface area contributed by atoms with Gasteiger partial charge in [0.2, 0.25) is 0 Å². The van der Waals surface area contributed by atoms with Crippen molar-refractivity contribution in [3.05, 3.63) is 90.5 Å². The number of nitrogens with zero attached hydrogens (tertiary/aromatic N) is 3. The van der Waals surface area contributed by atoms with Crippen LogP contribution >= 0.6 is 0 Å². The molecule has 136 valence electrons. The molecule has 0 saturated heterocycles. The highest BCUT2D eigenvalue weighted by Crippen LogP contribution is 2.35. The number of para-hydroxylation sites is 2. The van der Waals surface area contributed by atoms with Crippen molar-refractivity contribution in [1.29, 1.82) is 5.26 Å². The molecule has 0 fully saturated rings. The zero-order valence-electron chi connectivity index (χ0n) is 15.9. The van der Waals surface area contributed by atoms with Crippen molar-refractivity contribution in [3.63, 3.8) is 0 Å². The molecule has 4 aromatic carbocycles. The van der Waals surface area contributed by atoms with Gasteiger partial charge in [0.15, 0.2) is 0 Å². The van der Waals surface area contributed by atoms with E-state index in [0.717, 1.165) is 22.1 Å². The first kappa shape index (κ1) is 16.0. The lowest BCUT2D eigenvalue weighted by atomic mass is 10.1. The van der Waals surface area contributed by atoms with Crippen LogP contribution in [0.5, 0.6) is 0 Å². The monoisotopic (exact) mass is 371 g/mol. The molecular weight excluding hydrogens is 354 g/mol. The average Bonchev–Trinajstić information content (AvgIpc) is 3.26. The molecule has 6 aromatic rings. The number of rotatable bonds is 1. The van der Waals surface area contributed by atoms with E-state index in [9.17, 15) is 5.26 Å². The summed E-state index contributed by atoms with van der Waals surface area (Å²) < 4.78 is 4.55. The van der Waals surface area contributed by atoms with E-state index in [2.05, 4.69) is 89.0 Å². The summed E-state index contributed by atoms with van der Waals surface area (Å²) in [5, 5.41) is 14.1. The van der Waals surface area contributed by atoms with Crippen LogP contribution in [-0.4, -0.2) is 9.13 Å². The van der Waals surface area contributed by atoms with Gasteiger partial charge in [0.05, 0.1) is 28.2 Å². The van der Waals surface area contributed by atoms with Gasteiger partial charge < -0.3 is 9.13 Å². The minimum atomic E-state index is 0.691. The first-order valence-electron chi connectivity index (χ1n) is 9.67. The Hall–Kier alpha value is -4.03. The second-order valence-corrected chi connectivity index (χ2v) is 7.47. The van der Waals surface area contributed by atoms with Gasteiger partial charge >= 0.3 is 0 Å². The molecule has 3 heteroatoms. The molecule has 6 rings (SSSR count). The van der Waals surface area contributed by atoms with Crippen LogP contribution in [0, 0.1) is 11.3 Å². The van der Waals surface area contributed by atoms with Gasteiger partial charge in [-0.1, -0.05) is 42.5 Å². The van der Waals surface area contributed by atoms with Gasteiger partial charge in [-0.3, -0.25) is 0 Å². The molecule has 0 atom stereocenters. The van der Waals surface area contributed by atoms with Crippen molar-refractivity contribution in [1.82, 2.24) is 9.13 Å². The van der Waals surface area contributed by atoms with Crippen LogP contribution < -0.4 is 0 Å². The van der Waals surface area contributed by atoms with Gasteiger partial charge in [0.1, 0.15) is 0 Å². The largest absolute Gasteiger partial charge is 0.344 e. The molecule has 0 bridgehead atoms. The third-order valence-electron chi connectivity index (χ3n) is 5.96. The molecule has 0 saturated carbocycles. The summed E-state index contributed by atoms with van der Waals surface area (Å²) in [6.45, 7) is 0. The third kappa shape index (κ3) is 2.11. The van der Waals surface area contributed by atoms with E-state index in [1.165, 1.54) is 27.2 Å². The van der Waals surface area contributed by atoms with Gasteiger partial charge in [0, 0.05) is 39.8 Å². The van der Waals surface area contributed by atoms with Crippen molar-refractivity contribution in [2.45, 2.75) is 0 Å². The predicted molar refractivity (Wildman–Crippen MR) is 119 cm³/mol. The van der Waals surface area contributed by atoms with Crippen LogP contribution in [0.4, 0.5) is 0 Å². The summed E-state index contributed by atoms with van der Waals surface area (Å²) >= 11 is 0. The summed E-state index contributed by atoms with van der Waals surface area (Å²) in [5.74, 6) is 0. The highest BCUT2D eigenvalue weighted by atomic mass is 15.0. The Labute approximate surface area is 167 Å². The lowest BCUT2D eigenvalue weighted by molar-refractivity contribution is 1.01. The third-order valence-corrected chi connectivity index (χ3v) is 5.96. The topological polar surface area (TPSA) is 33.6 Å². The second kappa shape index (κ2) is 5.73. The van der Waals surface area contributed by atoms with Crippen LogP contribution in [0.2, 0.25) is 0 Å². The molecule has 3 nitrogen and oxygen atoms in total. The molecule has 0 aliphatic rings. The summed E-state index contributed by atoms with van der Waals surface area (Å²) in [4.78, 5) is 0. The van der Waals surface area contributed by atoms with E-state index in [-0.39, 0.29) is 0 Å². The van der Waals surface area contributed by atoms with Crippen LogP contribution in [0.3, 0.4) is 0 Å². The Kier molecular flexibility index (Phi) is 3.16. The van der Waals surface area contributed by atoms with E-state index >= 15 is 0 Å². The number of hydrogen-bond donors (Lipinski definition) is 0. The SMILES string of the molecule is Cn1c2ccc(C#N)cc2c2ccc(-n3c4ccccc4c4ccccc43)cc21. The lowest BCUT2D eigenvalue weighted by Crippen LogP contribution is -1.94. The van der Waals surface area contributed by atoms with Gasteiger partial charge in [-0.2, -0.15) is 5.26 Å². The number of benzene rings is 4. The van der Waals surface area contributed by atoms with Crippen molar-refractivity contribution in [2.75, 3.05) is 0 Å². The molecule has 0 unspecified atom stereocenters. The van der Waals surface area contributed by atoms with Crippen molar-refractivity contribution in [2.24, 2.45) is 7.05 Å². The summed E-state index contributed by atoms with van der Waals surface area (Å²) in [5.41, 5.74) is 6.54. The molecule has 2 aromatic heterocycles. The van der Waals surface area contributed by atoms with Gasteiger partial charge in [-0.15, -0.1) is 0 Å². The second-order valence-electron chi connectivity index (χ2n) is 7.47. The summed E-state index contributed by atoms with van der Waals surface area (Å²) in [7, 11) is 2.09. The number of aryl methyl sites for hydroxylation is 1. The zero-order chi connectivity index (χ0) is 19.5. The standard InChI is InChI=1S/C26H17N3/c1-28-23-13-10-17(16-27)14-22(23)21-12-11-18(15-26(21)28)29-24-8-4-2-6-19(24)20-7-3-5-9-25(20)29/h2-15H,1H3. The molecule has 29 heavy (non-hydrogen) atoms. The number of fused-ring (bicyclic) bond motifs is 6. The molecule has 0 amide bonds. The molecule has 0 radical (unpaired) electrons. The van der Waals surface area contributed by atoms with Crippen LogP contribution in [0.15, 0.2) is 84.9 Å². The fourth-order valence-corrected chi connectivity index (χ4v) is 4.61. The number of aromatic nitrogens is 2. The smallest absolute Gasteiger partial charge is 0.0991 e. The average molecular weight is 371 g/mol. The van der Waals surface area contributed by atoms with Crippen LogP contribution in [-0.2, 0) is 7.05 Å². The maximum atomic E-state index is 9.29. The Morgan fingerprint density at radius 2 is 1.28 bits per heavy atom. The Morgan fingerprint density at radius 3 is 1.97 bits per heavy atom. The van der Waals surface area contributed by atoms with Gasteiger partial charge in [-0.25, -0.2) is 0 Å². The van der Waals surface area contributed by atoms with Crippen molar-refractivity contribution >= 4 is 43.6 Å². The van der Waals surface area contributed by atoms with Crippen molar-refractivity contribution < 1.29 is 0 Å².